The van der Waals surface area contributed by atoms with Gasteiger partial charge in [0.1, 0.15) is 6.54 Å². The summed E-state index contributed by atoms with van der Waals surface area (Å²) in [6, 6.07) is 8.49. The minimum absolute atomic E-state index is 0.0108. The maximum atomic E-state index is 12.5. The van der Waals surface area contributed by atoms with E-state index in [4.69, 9.17) is 0 Å². The Bertz CT molecular complexity index is 772. The van der Waals surface area contributed by atoms with E-state index in [1.807, 2.05) is 13.1 Å². The fourth-order valence-electron chi connectivity index (χ4n) is 3.92. The Morgan fingerprint density at radius 2 is 2.08 bits per heavy atom. The number of hydrogen-bond donors (Lipinski definition) is 1. The summed E-state index contributed by atoms with van der Waals surface area (Å²) in [4.78, 5) is 16.6. The zero-order valence-corrected chi connectivity index (χ0v) is 14.5. The summed E-state index contributed by atoms with van der Waals surface area (Å²) in [6.07, 6.45) is 4.12. The fourth-order valence-corrected chi connectivity index (χ4v) is 3.92. The van der Waals surface area contributed by atoms with Gasteiger partial charge in [0.15, 0.2) is 0 Å². The zero-order valence-electron chi connectivity index (χ0n) is 14.5. The lowest BCUT2D eigenvalue weighted by Crippen LogP contribution is -2.46. The van der Waals surface area contributed by atoms with E-state index >= 15 is 0 Å². The van der Waals surface area contributed by atoms with E-state index in [-0.39, 0.29) is 18.5 Å². The molecule has 6 nitrogen and oxygen atoms in total. The Morgan fingerprint density at radius 1 is 1.28 bits per heavy atom. The number of aryl methyl sites for hydroxylation is 1. The molecule has 3 heterocycles. The number of nitrogens with zero attached hydrogens (tertiary/aromatic N) is 4. The van der Waals surface area contributed by atoms with Gasteiger partial charge in [-0.05, 0) is 30.0 Å². The van der Waals surface area contributed by atoms with Crippen molar-refractivity contribution in [3.63, 3.8) is 0 Å². The van der Waals surface area contributed by atoms with Gasteiger partial charge in [-0.15, -0.1) is 0 Å². The highest BCUT2D eigenvalue weighted by atomic mass is 16.3. The van der Waals surface area contributed by atoms with Crippen molar-refractivity contribution >= 4 is 5.91 Å². The van der Waals surface area contributed by atoms with Crippen LogP contribution >= 0.6 is 0 Å². The Labute approximate surface area is 147 Å². The van der Waals surface area contributed by atoms with Crippen molar-refractivity contribution in [2.75, 3.05) is 19.6 Å². The molecule has 2 aliphatic heterocycles. The number of aromatic nitrogens is 2. The monoisotopic (exact) mass is 340 g/mol. The van der Waals surface area contributed by atoms with Crippen LogP contribution in [0.3, 0.4) is 0 Å². The van der Waals surface area contributed by atoms with Crippen LogP contribution in [-0.4, -0.2) is 62.4 Å². The Balaban J connectivity index is 1.40. The first-order chi connectivity index (χ1) is 12.1. The van der Waals surface area contributed by atoms with Crippen LogP contribution in [0.4, 0.5) is 0 Å². The van der Waals surface area contributed by atoms with E-state index in [0.29, 0.717) is 13.1 Å². The van der Waals surface area contributed by atoms with Crippen LogP contribution in [0.2, 0.25) is 0 Å². The number of carbonyl (C=O) groups is 1. The quantitative estimate of drug-likeness (QED) is 0.899. The third-order valence-electron chi connectivity index (χ3n) is 5.30. The zero-order chi connectivity index (χ0) is 17.4. The molecule has 0 unspecified atom stereocenters. The number of rotatable bonds is 3. The number of amides is 1. The smallest absolute Gasteiger partial charge is 0.244 e. The van der Waals surface area contributed by atoms with Gasteiger partial charge in [0.25, 0.3) is 0 Å². The number of β-amino-alcohol motifs (C(OH)–C–C–N with tert-alkyl or cyclic N) is 1. The lowest BCUT2D eigenvalue weighted by atomic mass is 9.98. The molecule has 6 heteroatoms. The molecule has 2 aromatic rings. The van der Waals surface area contributed by atoms with Gasteiger partial charge in [-0.25, -0.2) is 0 Å². The van der Waals surface area contributed by atoms with E-state index in [1.54, 1.807) is 15.8 Å². The normalized spacial score (nSPS) is 23.7. The number of likely N-dealkylation sites (tertiary alicyclic amines) is 1. The molecule has 25 heavy (non-hydrogen) atoms. The minimum atomic E-state index is -0.492. The van der Waals surface area contributed by atoms with Crippen LogP contribution in [-0.2, 0) is 24.3 Å². The van der Waals surface area contributed by atoms with Crippen molar-refractivity contribution in [3.8, 4) is 0 Å². The third kappa shape index (κ3) is 3.32. The van der Waals surface area contributed by atoms with Gasteiger partial charge in [0.05, 0.1) is 18.3 Å². The number of benzene rings is 1. The number of aliphatic hydroxyl groups excluding tert-OH is 1. The van der Waals surface area contributed by atoms with E-state index < -0.39 is 6.10 Å². The topological polar surface area (TPSA) is 61.6 Å². The first kappa shape index (κ1) is 16.3. The molecule has 0 aliphatic carbocycles. The van der Waals surface area contributed by atoms with E-state index in [1.165, 1.54) is 11.1 Å². The van der Waals surface area contributed by atoms with E-state index in [9.17, 15) is 9.90 Å². The molecule has 1 aromatic carbocycles. The predicted octanol–water partition coefficient (Wildman–Crippen LogP) is 0.822. The largest absolute Gasteiger partial charge is 0.390 e. The number of aliphatic hydroxyl groups is 1. The maximum absolute atomic E-state index is 12.5. The number of carbonyl (C=O) groups excluding carboxylic acids is 1. The van der Waals surface area contributed by atoms with Gasteiger partial charge in [-0.2, -0.15) is 5.10 Å². The van der Waals surface area contributed by atoms with E-state index in [2.05, 4.69) is 34.3 Å². The van der Waals surface area contributed by atoms with Crippen LogP contribution in [0.25, 0.3) is 0 Å². The van der Waals surface area contributed by atoms with Gasteiger partial charge in [0, 0.05) is 32.4 Å². The molecule has 1 amide bonds. The average molecular weight is 340 g/mol. The molecule has 4 rings (SSSR count). The average Bonchev–Trinajstić information content (AvgIpc) is 3.20. The highest BCUT2D eigenvalue weighted by Gasteiger charge is 2.38. The van der Waals surface area contributed by atoms with Crippen LogP contribution in [0.15, 0.2) is 36.7 Å². The molecule has 1 fully saturated rings. The maximum Gasteiger partial charge on any atom is 0.244 e. The molecule has 0 saturated carbocycles. The second kappa shape index (κ2) is 6.61. The van der Waals surface area contributed by atoms with Crippen molar-refractivity contribution in [2.24, 2.45) is 0 Å². The summed E-state index contributed by atoms with van der Waals surface area (Å²) < 4.78 is 1.66. The molecule has 2 aliphatic rings. The SMILES string of the molecule is Cc1cnn(CC(=O)N2C[C@@H](O)[C@H](N3CCc4ccccc4C3)C2)c1. The highest BCUT2D eigenvalue weighted by molar-refractivity contribution is 5.76. The molecule has 0 radical (unpaired) electrons. The van der Waals surface area contributed by atoms with Crippen molar-refractivity contribution < 1.29 is 9.90 Å². The molecule has 0 bridgehead atoms. The predicted molar refractivity (Wildman–Crippen MR) is 93.9 cm³/mol. The molecular weight excluding hydrogens is 316 g/mol. The summed E-state index contributed by atoms with van der Waals surface area (Å²) in [5.74, 6) is 0.0158. The molecule has 1 N–H and O–H groups in total. The fraction of sp³-hybridized carbons (Fsp3) is 0.474. The highest BCUT2D eigenvalue weighted by Crippen LogP contribution is 2.25. The van der Waals surface area contributed by atoms with Crippen molar-refractivity contribution in [3.05, 3.63) is 53.3 Å². The Hall–Kier alpha value is -2.18. The van der Waals surface area contributed by atoms with Crippen LogP contribution in [0, 0.1) is 6.92 Å². The van der Waals surface area contributed by atoms with Crippen LogP contribution in [0.1, 0.15) is 16.7 Å². The van der Waals surface area contributed by atoms with Gasteiger partial charge < -0.3 is 10.0 Å². The summed E-state index contributed by atoms with van der Waals surface area (Å²) >= 11 is 0. The first-order valence-electron chi connectivity index (χ1n) is 8.86. The van der Waals surface area contributed by atoms with E-state index in [0.717, 1.165) is 25.1 Å². The third-order valence-corrected chi connectivity index (χ3v) is 5.30. The second-order valence-corrected chi connectivity index (χ2v) is 7.14. The lowest BCUT2D eigenvalue weighted by Gasteiger charge is -2.34. The summed E-state index contributed by atoms with van der Waals surface area (Å²) in [6.45, 7) is 4.95. The Kier molecular flexibility index (Phi) is 4.31. The van der Waals surface area contributed by atoms with Gasteiger partial charge in [-0.3, -0.25) is 14.4 Å². The van der Waals surface area contributed by atoms with Gasteiger partial charge in [-0.1, -0.05) is 24.3 Å². The lowest BCUT2D eigenvalue weighted by molar-refractivity contribution is -0.131. The number of hydrogen-bond acceptors (Lipinski definition) is 4. The molecule has 0 spiro atoms. The second-order valence-electron chi connectivity index (χ2n) is 7.14. The van der Waals surface area contributed by atoms with Gasteiger partial charge in [0.2, 0.25) is 5.91 Å². The van der Waals surface area contributed by atoms with Gasteiger partial charge >= 0.3 is 0 Å². The first-order valence-corrected chi connectivity index (χ1v) is 8.86. The summed E-state index contributed by atoms with van der Waals surface area (Å²) in [7, 11) is 0. The summed E-state index contributed by atoms with van der Waals surface area (Å²) in [5, 5.41) is 14.7. The summed E-state index contributed by atoms with van der Waals surface area (Å²) in [5.41, 5.74) is 3.77. The molecule has 1 saturated heterocycles. The standard InChI is InChI=1S/C19H24N4O2/c1-14-8-20-23(9-14)13-19(25)22-11-17(18(24)12-22)21-7-6-15-4-2-3-5-16(15)10-21/h2-5,8-9,17-18,24H,6-7,10-13H2,1H3/t17-,18-/m1/s1. The molecule has 2 atom stereocenters. The molecular formula is C19H24N4O2. The van der Waals surface area contributed by atoms with Crippen molar-refractivity contribution in [1.82, 2.24) is 19.6 Å². The van der Waals surface area contributed by atoms with Crippen molar-refractivity contribution in [1.29, 1.82) is 0 Å². The number of fused-ring (bicyclic) bond motifs is 1. The van der Waals surface area contributed by atoms with Crippen molar-refractivity contribution in [2.45, 2.75) is 38.6 Å². The van der Waals surface area contributed by atoms with Crippen LogP contribution < -0.4 is 0 Å². The Morgan fingerprint density at radius 3 is 2.84 bits per heavy atom. The molecule has 132 valence electrons. The minimum Gasteiger partial charge on any atom is -0.390 e. The molecule has 1 aromatic heterocycles. The van der Waals surface area contributed by atoms with Crippen LogP contribution in [0.5, 0.6) is 0 Å².